The maximum absolute atomic E-state index is 13.2. The summed E-state index contributed by atoms with van der Waals surface area (Å²) in [6.45, 7) is 5.95. The van der Waals surface area contributed by atoms with E-state index in [9.17, 15) is 14.7 Å². The zero-order chi connectivity index (χ0) is 22.5. The summed E-state index contributed by atoms with van der Waals surface area (Å²) in [5.74, 6) is -0.214. The number of carbonyl (C=O) groups excluding carboxylic acids is 2. The topological polar surface area (TPSA) is 70.1 Å². The van der Waals surface area contributed by atoms with E-state index in [1.54, 1.807) is 17.0 Å². The number of aliphatic hydroxyl groups is 1. The number of hydrogen-bond acceptors (Lipinski definition) is 6. The molecule has 1 atom stereocenters. The zero-order valence-electron chi connectivity index (χ0n) is 18.5. The molecule has 166 valence electrons. The van der Waals surface area contributed by atoms with Crippen molar-refractivity contribution in [2.24, 2.45) is 5.92 Å². The predicted molar refractivity (Wildman–Crippen MR) is 123 cm³/mol. The van der Waals surface area contributed by atoms with Crippen molar-refractivity contribution in [1.82, 2.24) is 9.80 Å². The van der Waals surface area contributed by atoms with Gasteiger partial charge in [-0.05, 0) is 62.1 Å². The van der Waals surface area contributed by atoms with E-state index < -0.39 is 17.7 Å². The van der Waals surface area contributed by atoms with Crippen LogP contribution in [0.1, 0.15) is 41.5 Å². The van der Waals surface area contributed by atoms with Gasteiger partial charge in [0.05, 0.1) is 23.1 Å². The van der Waals surface area contributed by atoms with Crippen molar-refractivity contribution in [2.75, 3.05) is 33.8 Å². The van der Waals surface area contributed by atoms with Gasteiger partial charge in [-0.3, -0.25) is 9.59 Å². The van der Waals surface area contributed by atoms with E-state index in [2.05, 4.69) is 13.8 Å². The highest BCUT2D eigenvalue weighted by molar-refractivity contribution is 7.12. The van der Waals surface area contributed by atoms with Crippen molar-refractivity contribution < 1.29 is 19.4 Å². The number of amides is 1. The number of hydrogen-bond donors (Lipinski definition) is 1. The third-order valence-electron chi connectivity index (χ3n) is 5.05. The van der Waals surface area contributed by atoms with Crippen LogP contribution in [0.3, 0.4) is 0 Å². The van der Waals surface area contributed by atoms with Gasteiger partial charge < -0.3 is 19.6 Å². The summed E-state index contributed by atoms with van der Waals surface area (Å²) in [5.41, 5.74) is 0.890. The van der Waals surface area contributed by atoms with Crippen LogP contribution in [-0.4, -0.2) is 60.4 Å². The molecule has 1 N–H and O–H groups in total. The molecule has 1 unspecified atom stereocenters. The fraction of sp³-hybridized carbons (Fsp3) is 0.417. The van der Waals surface area contributed by atoms with Crippen LogP contribution >= 0.6 is 11.3 Å². The van der Waals surface area contributed by atoms with Crippen LogP contribution in [0.15, 0.2) is 53.1 Å². The molecule has 1 aliphatic rings. The van der Waals surface area contributed by atoms with Crippen LogP contribution in [0.4, 0.5) is 0 Å². The molecule has 1 aliphatic heterocycles. The van der Waals surface area contributed by atoms with Gasteiger partial charge in [-0.2, -0.15) is 0 Å². The van der Waals surface area contributed by atoms with E-state index in [1.165, 1.54) is 11.3 Å². The minimum atomic E-state index is -0.646. The SMILES string of the molecule is CC(C)COc1cccc(C2C(C(=O)c3cccs3)=C(O)C(=O)N2CCCN(C)C)c1. The molecule has 2 aromatic rings. The van der Waals surface area contributed by atoms with Gasteiger partial charge in [0.2, 0.25) is 5.78 Å². The van der Waals surface area contributed by atoms with E-state index in [0.717, 1.165) is 18.5 Å². The highest BCUT2D eigenvalue weighted by atomic mass is 32.1. The first-order chi connectivity index (χ1) is 14.8. The molecular formula is C24H30N2O4S. The van der Waals surface area contributed by atoms with Crippen LogP contribution in [0.2, 0.25) is 0 Å². The highest BCUT2D eigenvalue weighted by Crippen LogP contribution is 2.40. The summed E-state index contributed by atoms with van der Waals surface area (Å²) >= 11 is 1.30. The first-order valence-electron chi connectivity index (χ1n) is 10.5. The molecule has 0 spiro atoms. The Balaban J connectivity index is 1.98. The smallest absolute Gasteiger partial charge is 0.290 e. The van der Waals surface area contributed by atoms with Gasteiger partial charge in [0.1, 0.15) is 5.75 Å². The van der Waals surface area contributed by atoms with Crippen LogP contribution in [0.5, 0.6) is 5.75 Å². The van der Waals surface area contributed by atoms with E-state index in [4.69, 9.17) is 4.74 Å². The second-order valence-electron chi connectivity index (χ2n) is 8.40. The molecule has 1 aromatic heterocycles. The molecule has 7 heteroatoms. The molecule has 0 fully saturated rings. The monoisotopic (exact) mass is 442 g/mol. The zero-order valence-corrected chi connectivity index (χ0v) is 19.3. The molecule has 0 bridgehead atoms. The van der Waals surface area contributed by atoms with Crippen molar-refractivity contribution in [3.63, 3.8) is 0 Å². The standard InChI is InChI=1S/C24H30N2O4S/c1-16(2)15-30-18-9-5-8-17(14-18)21-20(22(27)19-10-6-13-31-19)23(28)24(29)26(21)12-7-11-25(3)4/h5-6,8-10,13-14,16,21,28H,7,11-12,15H2,1-4H3. The van der Waals surface area contributed by atoms with E-state index in [0.29, 0.717) is 29.7 Å². The molecule has 1 aromatic carbocycles. The highest BCUT2D eigenvalue weighted by Gasteiger charge is 2.43. The third kappa shape index (κ3) is 5.35. The van der Waals surface area contributed by atoms with Crippen LogP contribution in [-0.2, 0) is 4.79 Å². The predicted octanol–water partition coefficient (Wildman–Crippen LogP) is 4.31. The maximum atomic E-state index is 13.2. The number of thiophene rings is 1. The number of Topliss-reactive ketones (excluding diaryl/α,β-unsaturated/α-hetero) is 1. The lowest BCUT2D eigenvalue weighted by molar-refractivity contribution is -0.129. The quantitative estimate of drug-likeness (QED) is 0.555. The molecule has 31 heavy (non-hydrogen) atoms. The molecule has 3 rings (SSSR count). The van der Waals surface area contributed by atoms with E-state index in [-0.39, 0.29) is 11.4 Å². The van der Waals surface area contributed by atoms with Crippen molar-refractivity contribution in [3.8, 4) is 5.75 Å². The lowest BCUT2D eigenvalue weighted by Crippen LogP contribution is -2.33. The van der Waals surface area contributed by atoms with Crippen molar-refractivity contribution in [3.05, 3.63) is 63.6 Å². The van der Waals surface area contributed by atoms with Crippen LogP contribution in [0.25, 0.3) is 0 Å². The number of aliphatic hydroxyl groups excluding tert-OH is 1. The number of nitrogens with zero attached hydrogens (tertiary/aromatic N) is 2. The number of rotatable bonds is 10. The molecule has 1 amide bonds. The average Bonchev–Trinajstić information content (AvgIpc) is 3.35. The molecule has 2 heterocycles. The Kier molecular flexibility index (Phi) is 7.51. The van der Waals surface area contributed by atoms with Gasteiger partial charge >= 0.3 is 0 Å². The van der Waals surface area contributed by atoms with Gasteiger partial charge in [0.15, 0.2) is 5.76 Å². The summed E-state index contributed by atoms with van der Waals surface area (Å²) in [6, 6.07) is 10.3. The summed E-state index contributed by atoms with van der Waals surface area (Å²) in [4.78, 5) is 30.4. The van der Waals surface area contributed by atoms with Crippen molar-refractivity contribution >= 4 is 23.0 Å². The molecular weight excluding hydrogens is 412 g/mol. The Morgan fingerprint density at radius 3 is 2.68 bits per heavy atom. The third-order valence-corrected chi connectivity index (χ3v) is 5.92. The summed E-state index contributed by atoms with van der Waals surface area (Å²) in [7, 11) is 3.95. The van der Waals surface area contributed by atoms with E-state index in [1.807, 2.05) is 48.6 Å². The summed E-state index contributed by atoms with van der Waals surface area (Å²) in [5, 5.41) is 12.5. The first kappa shape index (κ1) is 23.0. The Labute approximate surface area is 187 Å². The second kappa shape index (κ2) is 10.1. The average molecular weight is 443 g/mol. The maximum Gasteiger partial charge on any atom is 0.290 e. The molecule has 0 aliphatic carbocycles. The van der Waals surface area contributed by atoms with Crippen molar-refractivity contribution in [2.45, 2.75) is 26.3 Å². The van der Waals surface area contributed by atoms with Crippen LogP contribution < -0.4 is 4.74 Å². The van der Waals surface area contributed by atoms with Gasteiger partial charge in [0.25, 0.3) is 5.91 Å². The second-order valence-corrected chi connectivity index (χ2v) is 9.35. The van der Waals surface area contributed by atoms with Gasteiger partial charge in [-0.1, -0.05) is 32.0 Å². The largest absolute Gasteiger partial charge is 0.503 e. The lowest BCUT2D eigenvalue weighted by Gasteiger charge is -2.27. The molecule has 0 saturated heterocycles. The Hall–Kier alpha value is -2.64. The summed E-state index contributed by atoms with van der Waals surface area (Å²) in [6.07, 6.45) is 0.729. The Bertz CT molecular complexity index is 950. The number of ether oxygens (including phenoxy) is 1. The van der Waals surface area contributed by atoms with Crippen molar-refractivity contribution in [1.29, 1.82) is 0 Å². The number of ketones is 1. The van der Waals surface area contributed by atoms with Crippen LogP contribution in [0, 0.1) is 5.92 Å². The Morgan fingerprint density at radius 2 is 2.03 bits per heavy atom. The van der Waals surface area contributed by atoms with Gasteiger partial charge in [-0.25, -0.2) is 0 Å². The molecule has 6 nitrogen and oxygen atoms in total. The Morgan fingerprint density at radius 1 is 1.26 bits per heavy atom. The number of benzene rings is 1. The summed E-state index contributed by atoms with van der Waals surface area (Å²) < 4.78 is 5.87. The minimum absolute atomic E-state index is 0.137. The lowest BCUT2D eigenvalue weighted by atomic mass is 9.95. The van der Waals surface area contributed by atoms with E-state index >= 15 is 0 Å². The fourth-order valence-corrected chi connectivity index (χ4v) is 4.28. The minimum Gasteiger partial charge on any atom is -0.503 e. The molecule has 0 radical (unpaired) electrons. The first-order valence-corrected chi connectivity index (χ1v) is 11.4. The fourth-order valence-electron chi connectivity index (χ4n) is 3.60. The molecule has 0 saturated carbocycles. The normalized spacial score (nSPS) is 16.6. The number of carbonyl (C=O) groups is 2. The van der Waals surface area contributed by atoms with Gasteiger partial charge in [0, 0.05) is 6.54 Å². The van der Waals surface area contributed by atoms with Gasteiger partial charge in [-0.15, -0.1) is 11.3 Å².